The van der Waals surface area contributed by atoms with Gasteiger partial charge < -0.3 is 14.2 Å². The van der Waals surface area contributed by atoms with E-state index in [1.807, 2.05) is 12.2 Å². The van der Waals surface area contributed by atoms with E-state index in [0.717, 1.165) is 89.9 Å². The molecule has 71 heavy (non-hydrogen) atoms. The first-order valence-corrected chi connectivity index (χ1v) is 28.7. The monoisotopic (exact) mass is 981 g/mol. The van der Waals surface area contributed by atoms with Crippen molar-refractivity contribution in [1.82, 2.24) is 0 Å². The van der Waals surface area contributed by atoms with Gasteiger partial charge in [-0.25, -0.2) is 0 Å². The Hall–Kier alpha value is -4.45. The Morgan fingerprint density at radius 2 is 0.549 bits per heavy atom. The molecular formula is C65H104O6. The lowest BCUT2D eigenvalue weighted by Gasteiger charge is -2.18. The van der Waals surface area contributed by atoms with Crippen LogP contribution in [0.1, 0.15) is 239 Å². The predicted octanol–water partition coefficient (Wildman–Crippen LogP) is 19.4. The average molecular weight is 982 g/mol. The molecule has 0 saturated carbocycles. The molecule has 0 N–H and O–H groups in total. The minimum absolute atomic E-state index is 0.137. The Kier molecular flexibility index (Phi) is 54.5. The fourth-order valence-corrected chi connectivity index (χ4v) is 7.27. The van der Waals surface area contributed by atoms with Crippen LogP contribution in [0.3, 0.4) is 0 Å². The van der Waals surface area contributed by atoms with Crippen molar-refractivity contribution in [2.45, 2.75) is 245 Å². The summed E-state index contributed by atoms with van der Waals surface area (Å²) in [5, 5.41) is 0. The molecule has 0 bridgehead atoms. The molecule has 0 heterocycles. The molecule has 0 aromatic rings. The molecule has 0 aliphatic carbocycles. The van der Waals surface area contributed by atoms with Crippen LogP contribution >= 0.6 is 0 Å². The van der Waals surface area contributed by atoms with Crippen LogP contribution in [-0.4, -0.2) is 37.2 Å². The molecular weight excluding hydrogens is 877 g/mol. The molecule has 0 aromatic heterocycles. The van der Waals surface area contributed by atoms with Crippen molar-refractivity contribution < 1.29 is 28.6 Å². The van der Waals surface area contributed by atoms with Crippen molar-refractivity contribution in [2.24, 2.45) is 0 Å². The van der Waals surface area contributed by atoms with Gasteiger partial charge in [0.05, 0.1) is 0 Å². The van der Waals surface area contributed by atoms with Gasteiger partial charge in [-0.05, 0) is 128 Å². The van der Waals surface area contributed by atoms with Crippen LogP contribution in [0.15, 0.2) is 134 Å². The molecule has 0 aliphatic rings. The Morgan fingerprint density at radius 3 is 0.915 bits per heavy atom. The largest absolute Gasteiger partial charge is 0.462 e. The maximum absolute atomic E-state index is 12.9. The molecule has 0 spiro atoms. The van der Waals surface area contributed by atoms with Gasteiger partial charge in [-0.2, -0.15) is 0 Å². The van der Waals surface area contributed by atoms with E-state index in [4.69, 9.17) is 14.2 Å². The first-order valence-electron chi connectivity index (χ1n) is 28.7. The highest BCUT2D eigenvalue weighted by Crippen LogP contribution is 2.13. The number of esters is 3. The molecule has 0 radical (unpaired) electrons. The number of allylic oxidation sites excluding steroid dienone is 22. The molecule has 0 unspecified atom stereocenters. The van der Waals surface area contributed by atoms with Crippen molar-refractivity contribution >= 4 is 17.9 Å². The number of rotatable bonds is 50. The van der Waals surface area contributed by atoms with Crippen LogP contribution in [0.25, 0.3) is 0 Å². The van der Waals surface area contributed by atoms with Crippen LogP contribution in [0.5, 0.6) is 0 Å². The number of carbonyl (C=O) groups excluding carboxylic acids is 3. The molecule has 6 heteroatoms. The van der Waals surface area contributed by atoms with E-state index in [1.54, 1.807) is 0 Å². The Balaban J connectivity index is 4.62. The van der Waals surface area contributed by atoms with Crippen molar-refractivity contribution in [2.75, 3.05) is 13.2 Å². The summed E-state index contributed by atoms with van der Waals surface area (Å²) in [4.78, 5) is 38.1. The summed E-state index contributed by atoms with van der Waals surface area (Å²) in [5.74, 6) is -1.08. The molecule has 0 amide bonds. The van der Waals surface area contributed by atoms with Crippen molar-refractivity contribution in [3.05, 3.63) is 134 Å². The van der Waals surface area contributed by atoms with Gasteiger partial charge in [0.25, 0.3) is 0 Å². The smallest absolute Gasteiger partial charge is 0.306 e. The van der Waals surface area contributed by atoms with E-state index in [0.29, 0.717) is 12.8 Å². The molecule has 0 rings (SSSR count). The zero-order valence-electron chi connectivity index (χ0n) is 45.7. The second-order valence-electron chi connectivity index (χ2n) is 18.5. The number of unbranched alkanes of at least 4 members (excludes halogenated alkanes) is 17. The highest BCUT2D eigenvalue weighted by atomic mass is 16.6. The van der Waals surface area contributed by atoms with E-state index in [-0.39, 0.29) is 50.4 Å². The van der Waals surface area contributed by atoms with Gasteiger partial charge in [0.2, 0.25) is 0 Å². The Labute approximate surface area is 436 Å². The molecule has 0 aromatic carbocycles. The van der Waals surface area contributed by atoms with Gasteiger partial charge in [0, 0.05) is 19.3 Å². The van der Waals surface area contributed by atoms with E-state index in [9.17, 15) is 14.4 Å². The highest BCUT2D eigenvalue weighted by molar-refractivity contribution is 5.71. The third-order valence-electron chi connectivity index (χ3n) is 11.6. The summed E-state index contributed by atoms with van der Waals surface area (Å²) in [6.45, 7) is 6.43. The zero-order valence-corrected chi connectivity index (χ0v) is 45.7. The van der Waals surface area contributed by atoms with Crippen molar-refractivity contribution in [3.8, 4) is 0 Å². The molecule has 0 fully saturated rings. The number of carbonyl (C=O) groups is 3. The average Bonchev–Trinajstić information content (AvgIpc) is 3.37. The minimum atomic E-state index is -0.840. The maximum Gasteiger partial charge on any atom is 0.306 e. The summed E-state index contributed by atoms with van der Waals surface area (Å²) in [6.07, 6.45) is 81.6. The Bertz CT molecular complexity index is 1550. The van der Waals surface area contributed by atoms with Crippen LogP contribution in [0.2, 0.25) is 0 Å². The molecule has 400 valence electrons. The zero-order chi connectivity index (χ0) is 51.4. The van der Waals surface area contributed by atoms with Crippen LogP contribution in [0.4, 0.5) is 0 Å². The lowest BCUT2D eigenvalue weighted by molar-refractivity contribution is -0.166. The second kappa shape index (κ2) is 58.1. The van der Waals surface area contributed by atoms with Gasteiger partial charge in [0.1, 0.15) is 13.2 Å². The lowest BCUT2D eigenvalue weighted by Crippen LogP contribution is -2.30. The van der Waals surface area contributed by atoms with E-state index in [2.05, 4.69) is 142 Å². The summed E-state index contributed by atoms with van der Waals surface area (Å²) < 4.78 is 16.7. The van der Waals surface area contributed by atoms with E-state index >= 15 is 0 Å². The van der Waals surface area contributed by atoms with Gasteiger partial charge in [0.15, 0.2) is 6.10 Å². The van der Waals surface area contributed by atoms with Crippen LogP contribution in [0, 0.1) is 0 Å². The third kappa shape index (κ3) is 56.3. The lowest BCUT2D eigenvalue weighted by atomic mass is 10.1. The summed E-state index contributed by atoms with van der Waals surface area (Å²) in [7, 11) is 0. The van der Waals surface area contributed by atoms with Crippen molar-refractivity contribution in [3.63, 3.8) is 0 Å². The highest BCUT2D eigenvalue weighted by Gasteiger charge is 2.19. The maximum atomic E-state index is 12.9. The number of hydrogen-bond acceptors (Lipinski definition) is 6. The fourth-order valence-electron chi connectivity index (χ4n) is 7.27. The molecule has 0 aliphatic heterocycles. The van der Waals surface area contributed by atoms with E-state index < -0.39 is 6.10 Å². The molecule has 0 saturated heterocycles. The molecule has 6 nitrogen and oxygen atoms in total. The predicted molar refractivity (Wildman–Crippen MR) is 306 cm³/mol. The number of hydrogen-bond donors (Lipinski definition) is 0. The second-order valence-corrected chi connectivity index (χ2v) is 18.5. The first kappa shape index (κ1) is 66.6. The fraction of sp³-hybridized carbons (Fsp3) is 0.615. The standard InChI is InChI=1S/C65H104O6/c1-4-7-10-13-16-19-22-25-28-31-32-35-37-40-43-46-49-52-55-58-64(67)70-61-62(71-65(68)59-56-53-50-47-44-41-38-34-30-27-24-21-18-15-12-9-6-3)60-69-63(66)57-54-51-48-45-42-39-36-33-29-26-23-20-17-14-11-8-5-2/h16-21,25-30,32,35-36,39-40,43,45,48-49,52,62H,4-15,22-24,31,33-34,37-38,41-42,44,46-47,50-51,53-61H2,1-3H3/b19-16-,20-17-,21-18-,28-25-,29-26-,30-27-,35-32-,39-36-,43-40-,48-45-,52-49-/t62-/m0/s1. The topological polar surface area (TPSA) is 78.9 Å². The van der Waals surface area contributed by atoms with Crippen LogP contribution < -0.4 is 0 Å². The summed E-state index contributed by atoms with van der Waals surface area (Å²) >= 11 is 0. The van der Waals surface area contributed by atoms with Gasteiger partial charge in [-0.1, -0.05) is 225 Å². The quantitative estimate of drug-likeness (QED) is 0.0262. The van der Waals surface area contributed by atoms with Gasteiger partial charge in [-0.3, -0.25) is 14.4 Å². The number of ether oxygens (including phenoxy) is 3. The summed E-state index contributed by atoms with van der Waals surface area (Å²) in [6, 6.07) is 0. The third-order valence-corrected chi connectivity index (χ3v) is 11.6. The normalized spacial score (nSPS) is 13.1. The van der Waals surface area contributed by atoms with Gasteiger partial charge in [-0.15, -0.1) is 0 Å². The van der Waals surface area contributed by atoms with Crippen LogP contribution in [-0.2, 0) is 28.6 Å². The van der Waals surface area contributed by atoms with Crippen molar-refractivity contribution in [1.29, 1.82) is 0 Å². The Morgan fingerprint density at radius 1 is 0.282 bits per heavy atom. The first-order chi connectivity index (χ1) is 35.0. The molecule has 1 atom stereocenters. The van der Waals surface area contributed by atoms with E-state index in [1.165, 1.54) is 96.3 Å². The summed E-state index contributed by atoms with van der Waals surface area (Å²) in [5.41, 5.74) is 0. The van der Waals surface area contributed by atoms with Gasteiger partial charge >= 0.3 is 17.9 Å². The minimum Gasteiger partial charge on any atom is -0.462 e. The SMILES string of the molecule is CCCCC/C=C\C/C=C\C/C=C\C/C=C\C/C=C\CCC(=O)OC[C@H](COC(=O)CCC/C=C\C/C=C\C/C=C\C/C=C\CCCCC)OC(=O)CCCCCCCCC/C=C\C/C=C\CCCCC.